The number of halogens is 1. The van der Waals surface area contributed by atoms with Gasteiger partial charge in [-0.3, -0.25) is 9.89 Å². The highest BCUT2D eigenvalue weighted by molar-refractivity contribution is 14.0. The Bertz CT molecular complexity index is 571. The first-order valence-electron chi connectivity index (χ1n) is 10.2. The van der Waals surface area contributed by atoms with Gasteiger partial charge in [-0.25, -0.2) is 0 Å². The summed E-state index contributed by atoms with van der Waals surface area (Å²) in [5.74, 6) is 1.68. The van der Waals surface area contributed by atoms with E-state index in [1.807, 2.05) is 7.05 Å². The molecule has 6 heteroatoms. The van der Waals surface area contributed by atoms with Crippen molar-refractivity contribution in [1.82, 2.24) is 20.0 Å². The Hall–Kier alpha value is -0.860. The predicted octanol–water partition coefficient (Wildman–Crippen LogP) is 2.70. The van der Waals surface area contributed by atoms with E-state index in [1.54, 1.807) is 0 Å². The number of aliphatic imine (C=N–C) groups is 1. The van der Waals surface area contributed by atoms with Crippen molar-refractivity contribution in [3.8, 4) is 0 Å². The molecule has 0 saturated carbocycles. The quantitative estimate of drug-likeness (QED) is 0.395. The number of rotatable bonds is 5. The SMILES string of the molecule is CCN1CCN(C(C)CNC(=NC)N2CCC(c3ccccc3)C2)CC1.I. The van der Waals surface area contributed by atoms with Gasteiger partial charge in [0, 0.05) is 64.8 Å². The number of benzene rings is 1. The van der Waals surface area contributed by atoms with Crippen LogP contribution in [0.25, 0.3) is 0 Å². The maximum atomic E-state index is 4.55. The largest absolute Gasteiger partial charge is 0.355 e. The van der Waals surface area contributed by atoms with Crippen molar-refractivity contribution >= 4 is 29.9 Å². The zero-order valence-corrected chi connectivity index (χ0v) is 19.4. The Morgan fingerprint density at radius 3 is 2.48 bits per heavy atom. The molecule has 2 heterocycles. The van der Waals surface area contributed by atoms with E-state index >= 15 is 0 Å². The zero-order chi connectivity index (χ0) is 18.4. The molecule has 2 saturated heterocycles. The van der Waals surface area contributed by atoms with Gasteiger partial charge in [-0.05, 0) is 25.5 Å². The topological polar surface area (TPSA) is 34.1 Å². The molecule has 2 aliphatic rings. The third kappa shape index (κ3) is 6.06. The van der Waals surface area contributed by atoms with Gasteiger partial charge in [0.1, 0.15) is 0 Å². The number of hydrogen-bond acceptors (Lipinski definition) is 3. The fourth-order valence-corrected chi connectivity index (χ4v) is 4.17. The molecule has 27 heavy (non-hydrogen) atoms. The van der Waals surface area contributed by atoms with Gasteiger partial charge in [-0.2, -0.15) is 0 Å². The van der Waals surface area contributed by atoms with Crippen LogP contribution in [-0.4, -0.2) is 86.1 Å². The van der Waals surface area contributed by atoms with Crippen LogP contribution >= 0.6 is 24.0 Å². The van der Waals surface area contributed by atoms with Crippen molar-refractivity contribution in [2.24, 2.45) is 4.99 Å². The molecule has 0 aromatic heterocycles. The normalized spacial score (nSPS) is 23.1. The van der Waals surface area contributed by atoms with Crippen molar-refractivity contribution in [3.05, 3.63) is 35.9 Å². The average molecular weight is 485 g/mol. The summed E-state index contributed by atoms with van der Waals surface area (Å²) in [7, 11) is 1.91. The molecule has 0 aliphatic carbocycles. The number of likely N-dealkylation sites (tertiary alicyclic amines) is 1. The minimum Gasteiger partial charge on any atom is -0.355 e. The maximum Gasteiger partial charge on any atom is 0.193 e. The molecule has 5 nitrogen and oxygen atoms in total. The minimum absolute atomic E-state index is 0. The van der Waals surface area contributed by atoms with Crippen LogP contribution in [0.1, 0.15) is 31.7 Å². The summed E-state index contributed by atoms with van der Waals surface area (Å²) in [4.78, 5) is 12.1. The molecule has 2 aliphatic heterocycles. The highest BCUT2D eigenvalue weighted by atomic mass is 127. The average Bonchev–Trinajstić information content (AvgIpc) is 3.19. The zero-order valence-electron chi connectivity index (χ0n) is 17.1. The van der Waals surface area contributed by atoms with Gasteiger partial charge in [0.15, 0.2) is 5.96 Å². The standard InChI is InChI=1S/C21H35N5.HI/c1-4-24-12-14-25(15-13-24)18(2)16-23-21(22-3)26-11-10-20(17-26)19-8-6-5-7-9-19;/h5-9,18,20H,4,10-17H2,1-3H3,(H,22,23);1H. The second kappa shape index (κ2) is 11.2. The molecule has 0 spiro atoms. The number of hydrogen-bond donors (Lipinski definition) is 1. The summed E-state index contributed by atoms with van der Waals surface area (Å²) in [6, 6.07) is 11.4. The number of piperazine rings is 1. The molecule has 0 radical (unpaired) electrons. The van der Waals surface area contributed by atoms with E-state index in [2.05, 4.69) is 69.2 Å². The van der Waals surface area contributed by atoms with E-state index in [9.17, 15) is 0 Å². The van der Waals surface area contributed by atoms with Gasteiger partial charge >= 0.3 is 0 Å². The minimum atomic E-state index is 0. The van der Waals surface area contributed by atoms with Crippen LogP contribution in [0.15, 0.2) is 35.3 Å². The molecule has 1 aromatic carbocycles. The first-order valence-corrected chi connectivity index (χ1v) is 10.2. The Labute approximate surface area is 182 Å². The van der Waals surface area contributed by atoms with Gasteiger partial charge in [0.25, 0.3) is 0 Å². The molecule has 3 rings (SSSR count). The Balaban J connectivity index is 0.00000261. The molecule has 2 unspecified atom stereocenters. The number of nitrogens with one attached hydrogen (secondary N) is 1. The van der Waals surface area contributed by atoms with Gasteiger partial charge < -0.3 is 15.1 Å². The number of likely N-dealkylation sites (N-methyl/N-ethyl adjacent to an activating group) is 1. The summed E-state index contributed by atoms with van der Waals surface area (Å²) < 4.78 is 0. The van der Waals surface area contributed by atoms with Gasteiger partial charge in [-0.15, -0.1) is 24.0 Å². The van der Waals surface area contributed by atoms with Crippen LogP contribution in [0.3, 0.4) is 0 Å². The summed E-state index contributed by atoms with van der Waals surface area (Å²) in [5, 5.41) is 3.63. The molecular weight excluding hydrogens is 449 g/mol. The van der Waals surface area contributed by atoms with Crippen LogP contribution in [0, 0.1) is 0 Å². The van der Waals surface area contributed by atoms with Crippen molar-refractivity contribution in [3.63, 3.8) is 0 Å². The second-order valence-corrected chi connectivity index (χ2v) is 7.59. The van der Waals surface area contributed by atoms with Crippen LogP contribution in [0.5, 0.6) is 0 Å². The smallest absolute Gasteiger partial charge is 0.193 e. The van der Waals surface area contributed by atoms with Crippen LogP contribution in [0.2, 0.25) is 0 Å². The monoisotopic (exact) mass is 485 g/mol. The lowest BCUT2D eigenvalue weighted by molar-refractivity contribution is 0.107. The van der Waals surface area contributed by atoms with Crippen molar-refractivity contribution in [2.45, 2.75) is 32.2 Å². The van der Waals surface area contributed by atoms with E-state index in [0.29, 0.717) is 12.0 Å². The summed E-state index contributed by atoms with van der Waals surface area (Å²) >= 11 is 0. The van der Waals surface area contributed by atoms with Crippen molar-refractivity contribution in [1.29, 1.82) is 0 Å². The fraction of sp³-hybridized carbons (Fsp3) is 0.667. The van der Waals surface area contributed by atoms with Crippen molar-refractivity contribution < 1.29 is 0 Å². The van der Waals surface area contributed by atoms with Gasteiger partial charge in [0.2, 0.25) is 0 Å². The van der Waals surface area contributed by atoms with Gasteiger partial charge in [0.05, 0.1) is 0 Å². The van der Waals surface area contributed by atoms with Crippen LogP contribution in [-0.2, 0) is 0 Å². The maximum absolute atomic E-state index is 4.55. The first-order chi connectivity index (χ1) is 12.7. The fourth-order valence-electron chi connectivity index (χ4n) is 4.17. The summed E-state index contributed by atoms with van der Waals surface area (Å²) in [5.41, 5.74) is 1.45. The third-order valence-corrected chi connectivity index (χ3v) is 6.00. The Morgan fingerprint density at radius 2 is 1.85 bits per heavy atom. The Kier molecular flexibility index (Phi) is 9.32. The highest BCUT2D eigenvalue weighted by Gasteiger charge is 2.26. The van der Waals surface area contributed by atoms with E-state index < -0.39 is 0 Å². The molecule has 0 bridgehead atoms. The third-order valence-electron chi connectivity index (χ3n) is 6.00. The number of guanidine groups is 1. The lowest BCUT2D eigenvalue weighted by atomic mass is 9.99. The molecule has 2 atom stereocenters. The summed E-state index contributed by atoms with van der Waals surface area (Å²) in [6.45, 7) is 13.6. The predicted molar refractivity (Wildman–Crippen MR) is 125 cm³/mol. The molecule has 152 valence electrons. The summed E-state index contributed by atoms with van der Waals surface area (Å²) in [6.07, 6.45) is 1.21. The highest BCUT2D eigenvalue weighted by Crippen LogP contribution is 2.26. The van der Waals surface area contributed by atoms with Crippen molar-refractivity contribution in [2.75, 3.05) is 59.4 Å². The molecule has 1 N–H and O–H groups in total. The molecule has 0 amide bonds. The molecular formula is C21H36IN5. The van der Waals surface area contributed by atoms with Gasteiger partial charge in [-0.1, -0.05) is 37.3 Å². The first kappa shape index (κ1) is 22.4. The molecule has 1 aromatic rings. The van der Waals surface area contributed by atoms with Crippen LogP contribution in [0.4, 0.5) is 0 Å². The lowest BCUT2D eigenvalue weighted by Gasteiger charge is -2.38. The van der Waals surface area contributed by atoms with E-state index in [1.165, 1.54) is 44.7 Å². The molecule has 2 fully saturated rings. The van der Waals surface area contributed by atoms with E-state index in [4.69, 9.17) is 0 Å². The van der Waals surface area contributed by atoms with E-state index in [-0.39, 0.29) is 24.0 Å². The second-order valence-electron chi connectivity index (χ2n) is 7.59. The number of nitrogens with zero attached hydrogens (tertiary/aromatic N) is 4. The van der Waals surface area contributed by atoms with E-state index in [0.717, 1.165) is 25.6 Å². The lowest BCUT2D eigenvalue weighted by Crippen LogP contribution is -2.53. The Morgan fingerprint density at radius 1 is 1.15 bits per heavy atom. The van der Waals surface area contributed by atoms with Crippen LogP contribution < -0.4 is 5.32 Å².